The number of hydrogen-bond donors (Lipinski definition) is 0. The molecule has 0 unspecified atom stereocenters. The highest BCUT2D eigenvalue weighted by molar-refractivity contribution is 7.90. The third-order valence-electron chi connectivity index (χ3n) is 5.46. The van der Waals surface area contributed by atoms with Crippen LogP contribution in [0.1, 0.15) is 5.56 Å². The number of fused-ring (bicyclic) bond motifs is 3. The van der Waals surface area contributed by atoms with Gasteiger partial charge in [0, 0.05) is 22.4 Å². The summed E-state index contributed by atoms with van der Waals surface area (Å²) in [6.45, 7) is 0.384. The molecular weight excluding hydrogens is 439 g/mol. The molecule has 0 radical (unpaired) electrons. The van der Waals surface area contributed by atoms with Crippen molar-refractivity contribution in [3.63, 3.8) is 0 Å². The van der Waals surface area contributed by atoms with Crippen LogP contribution in [0.5, 0.6) is 0 Å². The molecule has 0 fully saturated rings. The standard InChI is InChI=1S/C23H16ClFN2O3S/c1-31(29,30)17-11-7-15(8-12-17)22-21(14-5-9-16(25)10-6-14)23(28)27-20-4-2-3-19(24)18(20)13-26(22)27/h2-12H,13H2,1H3. The molecule has 1 aliphatic rings. The van der Waals surface area contributed by atoms with Crippen LogP contribution < -0.4 is 5.56 Å². The van der Waals surface area contributed by atoms with Crippen LogP contribution in [0.4, 0.5) is 4.39 Å². The van der Waals surface area contributed by atoms with Crippen LogP contribution in [0.15, 0.2) is 76.4 Å². The van der Waals surface area contributed by atoms with E-state index >= 15 is 0 Å². The monoisotopic (exact) mass is 454 g/mol. The molecule has 4 aromatic rings. The second-order valence-electron chi connectivity index (χ2n) is 7.44. The third-order valence-corrected chi connectivity index (χ3v) is 6.94. The molecule has 8 heteroatoms. The molecule has 0 N–H and O–H groups in total. The normalized spacial score (nSPS) is 12.6. The van der Waals surface area contributed by atoms with Crippen LogP contribution in [0.25, 0.3) is 28.1 Å². The van der Waals surface area contributed by atoms with Crippen molar-refractivity contribution >= 4 is 21.4 Å². The maximum Gasteiger partial charge on any atom is 0.279 e. The first-order valence-corrected chi connectivity index (χ1v) is 11.7. The van der Waals surface area contributed by atoms with Crippen molar-refractivity contribution in [2.24, 2.45) is 0 Å². The molecule has 5 nitrogen and oxygen atoms in total. The molecule has 0 atom stereocenters. The minimum absolute atomic E-state index is 0.189. The van der Waals surface area contributed by atoms with E-state index in [1.165, 1.54) is 24.3 Å². The molecular formula is C23H16ClFN2O3S. The zero-order chi connectivity index (χ0) is 21.9. The number of hydrogen-bond acceptors (Lipinski definition) is 3. The van der Waals surface area contributed by atoms with Crippen molar-refractivity contribution in [2.75, 3.05) is 6.26 Å². The molecule has 1 aromatic heterocycles. The Balaban J connectivity index is 1.81. The maximum atomic E-state index is 13.5. The van der Waals surface area contributed by atoms with Crippen LogP contribution in [0.2, 0.25) is 5.02 Å². The van der Waals surface area contributed by atoms with E-state index in [9.17, 15) is 17.6 Å². The van der Waals surface area contributed by atoms with Gasteiger partial charge in [0.25, 0.3) is 5.56 Å². The number of benzene rings is 3. The van der Waals surface area contributed by atoms with Gasteiger partial charge in [0.05, 0.1) is 28.4 Å². The van der Waals surface area contributed by atoms with E-state index in [1.54, 1.807) is 41.1 Å². The third kappa shape index (κ3) is 3.12. The Morgan fingerprint density at radius 1 is 0.935 bits per heavy atom. The van der Waals surface area contributed by atoms with Crippen molar-refractivity contribution in [1.29, 1.82) is 0 Å². The number of nitrogens with zero attached hydrogens (tertiary/aromatic N) is 2. The van der Waals surface area contributed by atoms with Gasteiger partial charge in [0.1, 0.15) is 5.82 Å². The zero-order valence-electron chi connectivity index (χ0n) is 16.3. The molecule has 2 heterocycles. The number of rotatable bonds is 3. The highest BCUT2D eigenvalue weighted by atomic mass is 35.5. The Kier molecular flexibility index (Phi) is 4.42. The summed E-state index contributed by atoms with van der Waals surface area (Å²) in [7, 11) is -3.36. The number of halogens is 2. The lowest BCUT2D eigenvalue weighted by Gasteiger charge is -2.10. The first-order chi connectivity index (χ1) is 14.8. The molecule has 3 aromatic carbocycles. The van der Waals surface area contributed by atoms with Gasteiger partial charge < -0.3 is 0 Å². The van der Waals surface area contributed by atoms with Crippen LogP contribution in [-0.4, -0.2) is 24.0 Å². The van der Waals surface area contributed by atoms with E-state index in [4.69, 9.17) is 11.6 Å². The van der Waals surface area contributed by atoms with Crippen molar-refractivity contribution in [3.8, 4) is 28.1 Å². The Morgan fingerprint density at radius 2 is 1.58 bits per heavy atom. The predicted molar refractivity (Wildman–Crippen MR) is 118 cm³/mol. The first kappa shape index (κ1) is 19.8. The van der Waals surface area contributed by atoms with E-state index in [-0.39, 0.29) is 10.5 Å². The van der Waals surface area contributed by atoms with E-state index in [0.29, 0.717) is 39.6 Å². The summed E-state index contributed by atoms with van der Waals surface area (Å²) in [5.41, 5.74) is 3.55. The molecule has 0 bridgehead atoms. The highest BCUT2D eigenvalue weighted by Gasteiger charge is 2.30. The van der Waals surface area contributed by atoms with Gasteiger partial charge in [-0.15, -0.1) is 0 Å². The lowest BCUT2D eigenvalue weighted by atomic mass is 10.0. The lowest BCUT2D eigenvalue weighted by Crippen LogP contribution is -2.17. The first-order valence-electron chi connectivity index (χ1n) is 9.46. The molecule has 1 aliphatic heterocycles. The lowest BCUT2D eigenvalue weighted by molar-refractivity contribution is 0.602. The number of aromatic nitrogens is 2. The Hall–Kier alpha value is -3.16. The van der Waals surface area contributed by atoms with Crippen molar-refractivity contribution in [3.05, 3.63) is 93.5 Å². The van der Waals surface area contributed by atoms with Crippen molar-refractivity contribution < 1.29 is 12.8 Å². The second-order valence-corrected chi connectivity index (χ2v) is 9.86. The Labute approximate surface area is 182 Å². The zero-order valence-corrected chi connectivity index (χ0v) is 17.9. The Morgan fingerprint density at radius 3 is 2.23 bits per heavy atom. The molecule has 0 saturated heterocycles. The highest BCUT2D eigenvalue weighted by Crippen LogP contribution is 2.37. The predicted octanol–water partition coefficient (Wildman–Crippen LogP) is 4.53. The smallest absolute Gasteiger partial charge is 0.272 e. The summed E-state index contributed by atoms with van der Waals surface area (Å²) in [4.78, 5) is 13.7. The molecule has 156 valence electrons. The molecule has 0 aliphatic carbocycles. The fraction of sp³-hybridized carbons (Fsp3) is 0.0870. The molecule has 0 amide bonds. The average Bonchev–Trinajstić information content (AvgIpc) is 3.25. The van der Waals surface area contributed by atoms with Crippen molar-refractivity contribution in [2.45, 2.75) is 11.4 Å². The van der Waals surface area contributed by atoms with Gasteiger partial charge in [0.2, 0.25) is 0 Å². The fourth-order valence-electron chi connectivity index (χ4n) is 4.02. The minimum atomic E-state index is -3.36. The van der Waals surface area contributed by atoms with Crippen LogP contribution in [0, 0.1) is 5.82 Å². The molecule has 5 rings (SSSR count). The summed E-state index contributed by atoms with van der Waals surface area (Å²) in [5.74, 6) is -0.396. The summed E-state index contributed by atoms with van der Waals surface area (Å²) in [6.07, 6.45) is 1.14. The van der Waals surface area contributed by atoms with Gasteiger partial charge in [-0.3, -0.25) is 9.48 Å². The summed E-state index contributed by atoms with van der Waals surface area (Å²) in [5, 5.41) is 0.565. The van der Waals surface area contributed by atoms with Gasteiger partial charge in [-0.05, 0) is 42.0 Å². The average molecular weight is 455 g/mol. The van der Waals surface area contributed by atoms with E-state index in [0.717, 1.165) is 11.8 Å². The van der Waals surface area contributed by atoms with Crippen LogP contribution >= 0.6 is 11.6 Å². The van der Waals surface area contributed by atoms with E-state index in [2.05, 4.69) is 0 Å². The molecule has 31 heavy (non-hydrogen) atoms. The van der Waals surface area contributed by atoms with Gasteiger partial charge in [-0.1, -0.05) is 41.9 Å². The van der Waals surface area contributed by atoms with E-state index in [1.807, 2.05) is 10.7 Å². The topological polar surface area (TPSA) is 61.1 Å². The van der Waals surface area contributed by atoms with Gasteiger partial charge in [-0.25, -0.2) is 17.5 Å². The fourth-order valence-corrected chi connectivity index (χ4v) is 4.88. The SMILES string of the molecule is CS(=O)(=O)c1ccc(-c2c(-c3ccc(F)cc3)c(=O)n3n2Cc2c(Cl)cccc2-3)cc1. The maximum absolute atomic E-state index is 13.5. The molecule has 0 saturated carbocycles. The minimum Gasteiger partial charge on any atom is -0.272 e. The summed E-state index contributed by atoms with van der Waals surface area (Å²) in [6, 6.07) is 17.5. The van der Waals surface area contributed by atoms with Crippen molar-refractivity contribution in [1.82, 2.24) is 9.36 Å². The second kappa shape index (κ2) is 6.93. The Bertz CT molecular complexity index is 1500. The van der Waals surface area contributed by atoms with Gasteiger partial charge >= 0.3 is 0 Å². The molecule has 0 spiro atoms. The summed E-state index contributed by atoms with van der Waals surface area (Å²) >= 11 is 6.38. The van der Waals surface area contributed by atoms with Crippen LogP contribution in [-0.2, 0) is 16.4 Å². The van der Waals surface area contributed by atoms with Gasteiger partial charge in [-0.2, -0.15) is 0 Å². The summed E-state index contributed by atoms with van der Waals surface area (Å²) < 4.78 is 40.7. The van der Waals surface area contributed by atoms with E-state index < -0.39 is 15.7 Å². The van der Waals surface area contributed by atoms with Gasteiger partial charge in [0.15, 0.2) is 9.84 Å². The van der Waals surface area contributed by atoms with Crippen LogP contribution in [0.3, 0.4) is 0 Å². The largest absolute Gasteiger partial charge is 0.279 e. The number of sulfone groups is 1. The quantitative estimate of drug-likeness (QED) is 0.402.